The summed E-state index contributed by atoms with van der Waals surface area (Å²) >= 11 is 0. The number of hydrogen-bond donors (Lipinski definition) is 4. The Labute approximate surface area is 84.5 Å². The molecule has 0 spiro atoms. The third-order valence-electron chi connectivity index (χ3n) is 2.57. The molecular formula is C9H19N5. The molecule has 1 aliphatic carbocycles. The Morgan fingerprint density at radius 2 is 1.86 bits per heavy atom. The number of nitrogens with one attached hydrogen (secondary N) is 2. The highest BCUT2D eigenvalue weighted by Gasteiger charge is 2.17. The zero-order chi connectivity index (χ0) is 10.6. The van der Waals surface area contributed by atoms with E-state index in [2.05, 4.69) is 17.2 Å². The van der Waals surface area contributed by atoms with Crippen molar-refractivity contribution >= 4 is 11.9 Å². The first-order valence-electron chi connectivity index (χ1n) is 5.02. The van der Waals surface area contributed by atoms with Gasteiger partial charge in [0.2, 0.25) is 0 Å². The van der Waals surface area contributed by atoms with Crippen LogP contribution in [-0.4, -0.2) is 18.0 Å². The fourth-order valence-corrected chi connectivity index (χ4v) is 1.74. The van der Waals surface area contributed by atoms with Crippen LogP contribution in [0.4, 0.5) is 0 Å². The summed E-state index contributed by atoms with van der Waals surface area (Å²) in [5, 5.41) is 9.47. The molecule has 0 aromatic heterocycles. The van der Waals surface area contributed by atoms with Crippen LogP contribution >= 0.6 is 0 Å². The summed E-state index contributed by atoms with van der Waals surface area (Å²) in [6, 6.07) is 0.304. The van der Waals surface area contributed by atoms with Crippen LogP contribution in [0.5, 0.6) is 0 Å². The number of nitrogens with zero attached hydrogens (tertiary/aromatic N) is 1. The van der Waals surface area contributed by atoms with Crippen LogP contribution in [0.15, 0.2) is 4.99 Å². The second kappa shape index (κ2) is 4.83. The predicted molar refractivity (Wildman–Crippen MR) is 58.1 cm³/mol. The van der Waals surface area contributed by atoms with Gasteiger partial charge in [-0.2, -0.15) is 0 Å². The van der Waals surface area contributed by atoms with Crippen molar-refractivity contribution in [3.05, 3.63) is 0 Å². The molecule has 5 nitrogen and oxygen atoms in total. The smallest absolute Gasteiger partial charge is 0.195 e. The molecule has 5 heteroatoms. The first-order valence-corrected chi connectivity index (χ1v) is 5.02. The Balaban J connectivity index is 2.39. The lowest BCUT2D eigenvalue weighted by Gasteiger charge is -2.23. The summed E-state index contributed by atoms with van der Waals surface area (Å²) in [5.41, 5.74) is 10.7. The third kappa shape index (κ3) is 3.64. The molecule has 0 bridgehead atoms. The molecule has 1 rings (SSSR count). The zero-order valence-corrected chi connectivity index (χ0v) is 8.59. The first-order chi connectivity index (χ1) is 6.58. The number of aliphatic imine (C=N–C) groups is 1. The van der Waals surface area contributed by atoms with Gasteiger partial charge in [0.15, 0.2) is 11.9 Å². The normalized spacial score (nSPS) is 28.5. The summed E-state index contributed by atoms with van der Waals surface area (Å²) in [5.74, 6) is 0.913. The van der Waals surface area contributed by atoms with Crippen molar-refractivity contribution in [3.8, 4) is 0 Å². The molecule has 0 heterocycles. The Bertz CT molecular complexity index is 227. The first kappa shape index (κ1) is 10.8. The minimum atomic E-state index is -0.157. The van der Waals surface area contributed by atoms with Crippen molar-refractivity contribution in [1.29, 1.82) is 5.41 Å². The van der Waals surface area contributed by atoms with Crippen LogP contribution in [0.25, 0.3) is 0 Å². The molecule has 0 aromatic rings. The molecule has 80 valence electrons. The van der Waals surface area contributed by atoms with Gasteiger partial charge in [-0.05, 0) is 31.6 Å². The summed E-state index contributed by atoms with van der Waals surface area (Å²) < 4.78 is 0. The standard InChI is InChI=1S/C9H19N5/c1-6-2-4-7(5-3-6)13-9(12)14-8(10)11/h6-7H,2-5H2,1H3,(H6,10,11,12,13,14). The predicted octanol–water partition coefficient (Wildman–Crippen LogP) is 0.363. The Morgan fingerprint density at radius 1 is 1.29 bits per heavy atom. The molecule has 1 fully saturated rings. The van der Waals surface area contributed by atoms with Crippen LogP contribution < -0.4 is 16.8 Å². The minimum Gasteiger partial charge on any atom is -0.370 e. The molecule has 0 atom stereocenters. The molecule has 1 aliphatic rings. The minimum absolute atomic E-state index is 0.157. The van der Waals surface area contributed by atoms with E-state index in [1.807, 2.05) is 0 Å². The SMILES string of the molecule is CC1CCC(N=C(N)NC(=N)N)CC1. The maximum Gasteiger partial charge on any atom is 0.195 e. The van der Waals surface area contributed by atoms with Crippen LogP contribution in [0.2, 0.25) is 0 Å². The number of hydrogen-bond acceptors (Lipinski definition) is 2. The lowest BCUT2D eigenvalue weighted by molar-refractivity contribution is 0.349. The Hall–Kier alpha value is -1.26. The van der Waals surface area contributed by atoms with E-state index < -0.39 is 0 Å². The number of rotatable bonds is 1. The molecule has 6 N–H and O–H groups in total. The van der Waals surface area contributed by atoms with Crippen molar-refractivity contribution in [3.63, 3.8) is 0 Å². The van der Waals surface area contributed by atoms with Crippen LogP contribution in [0, 0.1) is 11.3 Å². The topological polar surface area (TPSA) is 100 Å². The van der Waals surface area contributed by atoms with Crippen molar-refractivity contribution in [2.45, 2.75) is 38.6 Å². The van der Waals surface area contributed by atoms with Crippen LogP contribution in [-0.2, 0) is 0 Å². The monoisotopic (exact) mass is 197 g/mol. The maximum atomic E-state index is 6.98. The maximum absolute atomic E-state index is 6.98. The van der Waals surface area contributed by atoms with Gasteiger partial charge in [-0.1, -0.05) is 6.92 Å². The average Bonchev–Trinajstić information content (AvgIpc) is 2.07. The molecule has 0 amide bonds. The molecule has 0 saturated heterocycles. The Kier molecular flexibility index (Phi) is 3.73. The number of guanidine groups is 2. The van der Waals surface area contributed by atoms with E-state index in [0.717, 1.165) is 18.8 Å². The lowest BCUT2D eigenvalue weighted by Crippen LogP contribution is -2.41. The van der Waals surface area contributed by atoms with Gasteiger partial charge < -0.3 is 11.5 Å². The fourth-order valence-electron chi connectivity index (χ4n) is 1.74. The summed E-state index contributed by atoms with van der Waals surface area (Å²) in [4.78, 5) is 4.27. The van der Waals surface area contributed by atoms with E-state index in [1.54, 1.807) is 0 Å². The highest BCUT2D eigenvalue weighted by molar-refractivity contribution is 5.95. The van der Waals surface area contributed by atoms with E-state index in [1.165, 1.54) is 12.8 Å². The summed E-state index contributed by atoms with van der Waals surface area (Å²) in [6.07, 6.45) is 4.59. The van der Waals surface area contributed by atoms with E-state index in [0.29, 0.717) is 6.04 Å². The summed E-state index contributed by atoms with van der Waals surface area (Å²) in [7, 11) is 0. The van der Waals surface area contributed by atoms with Gasteiger partial charge in [-0.3, -0.25) is 10.7 Å². The highest BCUT2D eigenvalue weighted by atomic mass is 15.2. The van der Waals surface area contributed by atoms with Crippen molar-refractivity contribution in [2.75, 3.05) is 0 Å². The Morgan fingerprint density at radius 3 is 2.36 bits per heavy atom. The van der Waals surface area contributed by atoms with E-state index >= 15 is 0 Å². The van der Waals surface area contributed by atoms with E-state index in [9.17, 15) is 0 Å². The van der Waals surface area contributed by atoms with Gasteiger partial charge >= 0.3 is 0 Å². The number of nitrogens with two attached hydrogens (primary N) is 2. The van der Waals surface area contributed by atoms with Gasteiger partial charge in [0.1, 0.15) is 0 Å². The summed E-state index contributed by atoms with van der Waals surface area (Å²) in [6.45, 7) is 2.26. The van der Waals surface area contributed by atoms with Crippen LogP contribution in [0.3, 0.4) is 0 Å². The average molecular weight is 197 g/mol. The van der Waals surface area contributed by atoms with Crippen molar-refractivity contribution in [2.24, 2.45) is 22.4 Å². The van der Waals surface area contributed by atoms with Gasteiger partial charge in [0.05, 0.1) is 6.04 Å². The van der Waals surface area contributed by atoms with Gasteiger partial charge in [0.25, 0.3) is 0 Å². The van der Waals surface area contributed by atoms with E-state index in [-0.39, 0.29) is 11.9 Å². The van der Waals surface area contributed by atoms with Crippen molar-refractivity contribution < 1.29 is 0 Å². The van der Waals surface area contributed by atoms with Crippen molar-refractivity contribution in [1.82, 2.24) is 5.32 Å². The quantitative estimate of drug-likeness (QED) is 0.361. The second-order valence-electron chi connectivity index (χ2n) is 3.97. The van der Waals surface area contributed by atoms with Gasteiger partial charge in [-0.25, -0.2) is 4.99 Å². The highest BCUT2D eigenvalue weighted by Crippen LogP contribution is 2.25. The van der Waals surface area contributed by atoms with Gasteiger partial charge in [-0.15, -0.1) is 0 Å². The largest absolute Gasteiger partial charge is 0.370 e. The molecule has 0 radical (unpaired) electrons. The molecule has 0 unspecified atom stereocenters. The lowest BCUT2D eigenvalue weighted by atomic mass is 9.88. The van der Waals surface area contributed by atoms with Crippen LogP contribution in [0.1, 0.15) is 32.6 Å². The molecule has 0 aromatic carbocycles. The van der Waals surface area contributed by atoms with E-state index in [4.69, 9.17) is 16.9 Å². The third-order valence-corrected chi connectivity index (χ3v) is 2.57. The molecular weight excluding hydrogens is 178 g/mol. The van der Waals surface area contributed by atoms with Gasteiger partial charge in [0, 0.05) is 0 Å². The fraction of sp³-hybridized carbons (Fsp3) is 0.778. The molecule has 1 saturated carbocycles. The zero-order valence-electron chi connectivity index (χ0n) is 8.59. The molecule has 0 aliphatic heterocycles. The second-order valence-corrected chi connectivity index (χ2v) is 3.97. The molecule has 14 heavy (non-hydrogen) atoms.